The van der Waals surface area contributed by atoms with E-state index in [1.807, 2.05) is 0 Å². The minimum atomic E-state index is -0.0798. The molecular weight excluding hydrogens is 345 g/mol. The largest absolute Gasteiger partial charge is 0.383 e. The summed E-state index contributed by atoms with van der Waals surface area (Å²) in [5, 5.41) is 6.43. The normalized spacial score (nSPS) is 23.6. The minimum Gasteiger partial charge on any atom is -0.383 e. The number of nitrogens with one attached hydrogen (secondary N) is 2. The third kappa shape index (κ3) is 6.75. The van der Waals surface area contributed by atoms with Crippen LogP contribution < -0.4 is 10.6 Å². The molecule has 0 bridgehead atoms. The third-order valence-electron chi connectivity index (χ3n) is 2.81. The van der Waals surface area contributed by atoms with Crippen molar-refractivity contribution in [3.05, 3.63) is 0 Å². The molecular formula is C12H26IN3O2. The number of rotatable bonds is 6. The van der Waals surface area contributed by atoms with E-state index in [2.05, 4.69) is 29.5 Å². The van der Waals surface area contributed by atoms with Crippen LogP contribution in [-0.4, -0.2) is 51.5 Å². The van der Waals surface area contributed by atoms with Gasteiger partial charge in [0.15, 0.2) is 5.96 Å². The van der Waals surface area contributed by atoms with Crippen LogP contribution in [0.3, 0.4) is 0 Å². The second kappa shape index (κ2) is 9.80. The maximum absolute atomic E-state index is 5.71. The lowest BCUT2D eigenvalue weighted by Gasteiger charge is -2.21. The number of guanidine groups is 1. The molecule has 5 nitrogen and oxygen atoms in total. The highest BCUT2D eigenvalue weighted by atomic mass is 127. The summed E-state index contributed by atoms with van der Waals surface area (Å²) in [6, 6.07) is 0. The first kappa shape index (κ1) is 17.9. The highest BCUT2D eigenvalue weighted by Crippen LogP contribution is 2.24. The molecule has 1 heterocycles. The summed E-state index contributed by atoms with van der Waals surface area (Å²) in [5.41, 5.74) is -0.0798. The molecule has 1 aliphatic heterocycles. The highest BCUT2D eigenvalue weighted by Gasteiger charge is 2.29. The van der Waals surface area contributed by atoms with E-state index in [0.29, 0.717) is 13.2 Å². The number of hydrogen-bond donors (Lipinski definition) is 2. The average Bonchev–Trinajstić information content (AvgIpc) is 2.74. The zero-order valence-corrected chi connectivity index (χ0v) is 14.0. The Hall–Kier alpha value is -0.0800. The van der Waals surface area contributed by atoms with Gasteiger partial charge in [0.1, 0.15) is 0 Å². The molecule has 6 heteroatoms. The number of halogens is 1. The Balaban J connectivity index is 0.00000289. The summed E-state index contributed by atoms with van der Waals surface area (Å²) in [6.07, 6.45) is 2.23. The van der Waals surface area contributed by atoms with Gasteiger partial charge in [-0.2, -0.15) is 0 Å². The van der Waals surface area contributed by atoms with Crippen molar-refractivity contribution in [2.75, 3.05) is 40.0 Å². The fraction of sp³-hybridized carbons (Fsp3) is 0.917. The van der Waals surface area contributed by atoms with Gasteiger partial charge in [0, 0.05) is 26.8 Å². The molecule has 1 aliphatic rings. The molecule has 1 saturated heterocycles. The van der Waals surface area contributed by atoms with E-state index in [1.54, 1.807) is 7.11 Å². The van der Waals surface area contributed by atoms with Crippen LogP contribution in [0.2, 0.25) is 0 Å². The van der Waals surface area contributed by atoms with Crippen LogP contribution in [-0.2, 0) is 9.47 Å². The second-order valence-corrected chi connectivity index (χ2v) is 4.52. The van der Waals surface area contributed by atoms with Crippen LogP contribution in [0.15, 0.2) is 4.99 Å². The van der Waals surface area contributed by atoms with Gasteiger partial charge < -0.3 is 20.1 Å². The highest BCUT2D eigenvalue weighted by molar-refractivity contribution is 14.0. The zero-order chi connectivity index (χ0) is 12.6. The fourth-order valence-electron chi connectivity index (χ4n) is 1.82. The second-order valence-electron chi connectivity index (χ2n) is 4.52. The van der Waals surface area contributed by atoms with Crippen molar-refractivity contribution in [2.24, 2.45) is 4.99 Å². The van der Waals surface area contributed by atoms with E-state index in [-0.39, 0.29) is 29.6 Å². The van der Waals surface area contributed by atoms with Crippen molar-refractivity contribution in [1.82, 2.24) is 10.6 Å². The van der Waals surface area contributed by atoms with Crippen molar-refractivity contribution >= 4 is 29.9 Å². The fourth-order valence-corrected chi connectivity index (χ4v) is 1.82. The van der Waals surface area contributed by atoms with E-state index in [0.717, 1.165) is 38.5 Å². The maximum atomic E-state index is 5.71. The van der Waals surface area contributed by atoms with Crippen LogP contribution >= 0.6 is 24.0 Å². The Morgan fingerprint density at radius 2 is 2.22 bits per heavy atom. The molecule has 2 N–H and O–H groups in total. The Morgan fingerprint density at radius 1 is 1.44 bits per heavy atom. The molecule has 0 aromatic carbocycles. The minimum absolute atomic E-state index is 0. The maximum Gasteiger partial charge on any atom is 0.191 e. The first-order valence-corrected chi connectivity index (χ1v) is 6.35. The monoisotopic (exact) mass is 371 g/mol. The molecule has 0 radical (unpaired) electrons. The van der Waals surface area contributed by atoms with E-state index in [9.17, 15) is 0 Å². The quantitative estimate of drug-likeness (QED) is 0.321. The predicted molar refractivity (Wildman–Crippen MR) is 84.9 cm³/mol. The Kier molecular flexibility index (Phi) is 9.76. The van der Waals surface area contributed by atoms with Gasteiger partial charge in [-0.3, -0.25) is 4.99 Å². The molecule has 1 atom stereocenters. The van der Waals surface area contributed by atoms with Crippen molar-refractivity contribution in [2.45, 2.75) is 32.3 Å². The number of aliphatic imine (C=N–C) groups is 1. The topological polar surface area (TPSA) is 54.9 Å². The van der Waals surface area contributed by atoms with Crippen molar-refractivity contribution < 1.29 is 9.47 Å². The molecule has 18 heavy (non-hydrogen) atoms. The summed E-state index contributed by atoms with van der Waals surface area (Å²) in [5.74, 6) is 0.835. The lowest BCUT2D eigenvalue weighted by molar-refractivity contribution is 0.0283. The summed E-state index contributed by atoms with van der Waals surface area (Å²) in [6.45, 7) is 8.05. The number of methoxy groups -OCH3 is 1. The standard InChI is InChI=1S/C12H25N3O2.HI/c1-4-13-11(14-7-9-16-3)15-10-12(2)6-5-8-17-12;/h4-10H2,1-3H3,(H2,13,14,15);1H. The van der Waals surface area contributed by atoms with Gasteiger partial charge in [-0.25, -0.2) is 0 Å². The summed E-state index contributed by atoms with van der Waals surface area (Å²) >= 11 is 0. The summed E-state index contributed by atoms with van der Waals surface area (Å²) in [4.78, 5) is 4.55. The van der Waals surface area contributed by atoms with Gasteiger partial charge in [0.2, 0.25) is 0 Å². The number of hydrogen-bond acceptors (Lipinski definition) is 3. The van der Waals surface area contributed by atoms with Crippen molar-refractivity contribution in [1.29, 1.82) is 0 Å². The summed E-state index contributed by atoms with van der Waals surface area (Å²) < 4.78 is 10.7. The average molecular weight is 371 g/mol. The van der Waals surface area contributed by atoms with E-state index >= 15 is 0 Å². The number of ether oxygens (including phenoxy) is 2. The first-order chi connectivity index (χ1) is 8.20. The molecule has 0 aromatic rings. The van der Waals surface area contributed by atoms with Gasteiger partial charge in [-0.1, -0.05) is 0 Å². The van der Waals surface area contributed by atoms with Crippen molar-refractivity contribution in [3.63, 3.8) is 0 Å². The van der Waals surface area contributed by atoms with Gasteiger partial charge in [0.25, 0.3) is 0 Å². The van der Waals surface area contributed by atoms with Gasteiger partial charge in [-0.15, -0.1) is 24.0 Å². The first-order valence-electron chi connectivity index (χ1n) is 6.35. The van der Waals surface area contributed by atoms with Gasteiger partial charge in [-0.05, 0) is 26.7 Å². The predicted octanol–water partition coefficient (Wildman–Crippen LogP) is 1.37. The lowest BCUT2D eigenvalue weighted by atomic mass is 10.0. The number of nitrogens with zero attached hydrogens (tertiary/aromatic N) is 1. The molecule has 0 spiro atoms. The molecule has 0 saturated carbocycles. The van der Waals surface area contributed by atoms with Crippen LogP contribution in [0.25, 0.3) is 0 Å². The lowest BCUT2D eigenvalue weighted by Crippen LogP contribution is -2.40. The smallest absolute Gasteiger partial charge is 0.191 e. The molecule has 108 valence electrons. The van der Waals surface area contributed by atoms with Crippen LogP contribution in [0.4, 0.5) is 0 Å². The Bertz CT molecular complexity index is 243. The molecule has 0 aliphatic carbocycles. The molecule has 1 fully saturated rings. The van der Waals surface area contributed by atoms with Crippen LogP contribution in [0, 0.1) is 0 Å². The molecule has 0 amide bonds. The third-order valence-corrected chi connectivity index (χ3v) is 2.81. The van der Waals surface area contributed by atoms with Crippen LogP contribution in [0.5, 0.6) is 0 Å². The van der Waals surface area contributed by atoms with Crippen molar-refractivity contribution in [3.8, 4) is 0 Å². The Labute approximate surface area is 127 Å². The van der Waals surface area contributed by atoms with E-state index in [1.165, 1.54) is 0 Å². The summed E-state index contributed by atoms with van der Waals surface area (Å²) in [7, 11) is 1.69. The van der Waals surface area contributed by atoms with Crippen LogP contribution in [0.1, 0.15) is 26.7 Å². The SMILES string of the molecule is CCNC(=NCC1(C)CCCO1)NCCOC.I. The molecule has 1 rings (SSSR count). The zero-order valence-electron chi connectivity index (χ0n) is 11.6. The molecule has 1 unspecified atom stereocenters. The molecule has 0 aromatic heterocycles. The Morgan fingerprint density at radius 3 is 2.78 bits per heavy atom. The van der Waals surface area contributed by atoms with Gasteiger partial charge >= 0.3 is 0 Å². The van der Waals surface area contributed by atoms with Gasteiger partial charge in [0.05, 0.1) is 18.8 Å². The van der Waals surface area contributed by atoms with E-state index in [4.69, 9.17) is 9.47 Å². The van der Waals surface area contributed by atoms with E-state index < -0.39 is 0 Å².